The Labute approximate surface area is 107 Å². The molecule has 0 heterocycles. The number of carbonyl (C=O) groups is 2. The van der Waals surface area contributed by atoms with Crippen molar-refractivity contribution in [2.24, 2.45) is 5.92 Å². The number of carboxylic acids is 1. The van der Waals surface area contributed by atoms with E-state index in [2.05, 4.69) is 11.9 Å². The van der Waals surface area contributed by atoms with Crippen molar-refractivity contribution in [3.05, 3.63) is 12.7 Å². The molecular formula is C13H21NO4. The smallest absolute Gasteiger partial charge is 0.326 e. The summed E-state index contributed by atoms with van der Waals surface area (Å²) in [6.45, 7) is 5.59. The molecule has 0 spiro atoms. The fraction of sp³-hybridized carbons (Fsp3) is 0.692. The Morgan fingerprint density at radius 1 is 1.56 bits per heavy atom. The second-order valence-corrected chi connectivity index (χ2v) is 4.67. The first-order valence-electron chi connectivity index (χ1n) is 6.30. The molecule has 1 amide bonds. The standard InChI is InChI=1S/C13H21NO4/c1-3-4-7-18-9(2)12(15)14-11(13(16)17)8-10-5-6-10/h3,9-11H,1,4-8H2,2H3,(H,14,15)(H,16,17). The summed E-state index contributed by atoms with van der Waals surface area (Å²) in [6.07, 6.45) is 4.38. The molecule has 2 unspecified atom stereocenters. The van der Waals surface area contributed by atoms with E-state index in [1.54, 1.807) is 13.0 Å². The Morgan fingerprint density at radius 2 is 2.22 bits per heavy atom. The van der Waals surface area contributed by atoms with Crippen LogP contribution in [0.4, 0.5) is 0 Å². The quantitative estimate of drug-likeness (QED) is 0.481. The van der Waals surface area contributed by atoms with Crippen LogP contribution >= 0.6 is 0 Å². The predicted octanol–water partition coefficient (Wildman–Crippen LogP) is 1.34. The summed E-state index contributed by atoms with van der Waals surface area (Å²) in [4.78, 5) is 22.7. The van der Waals surface area contributed by atoms with Crippen molar-refractivity contribution in [1.29, 1.82) is 0 Å². The SMILES string of the molecule is C=CCCOC(C)C(=O)NC(CC1CC1)C(=O)O. The maximum absolute atomic E-state index is 11.7. The number of rotatable bonds is 9. The van der Waals surface area contributed by atoms with Gasteiger partial charge in [-0.05, 0) is 25.7 Å². The van der Waals surface area contributed by atoms with Crippen LogP contribution in [-0.4, -0.2) is 35.7 Å². The van der Waals surface area contributed by atoms with E-state index in [0.717, 1.165) is 12.8 Å². The van der Waals surface area contributed by atoms with Crippen LogP contribution in [0.5, 0.6) is 0 Å². The summed E-state index contributed by atoms with van der Waals surface area (Å²) in [7, 11) is 0. The third kappa shape index (κ3) is 5.31. The van der Waals surface area contributed by atoms with Crippen molar-refractivity contribution in [3.63, 3.8) is 0 Å². The first kappa shape index (κ1) is 14.7. The summed E-state index contributed by atoms with van der Waals surface area (Å²) in [6, 6.07) is -0.796. The first-order chi connectivity index (χ1) is 8.54. The van der Waals surface area contributed by atoms with E-state index in [1.165, 1.54) is 0 Å². The number of amides is 1. The summed E-state index contributed by atoms with van der Waals surface area (Å²) in [5, 5.41) is 11.6. The largest absolute Gasteiger partial charge is 0.480 e. The molecule has 0 bridgehead atoms. The van der Waals surface area contributed by atoms with Gasteiger partial charge in [0.15, 0.2) is 0 Å². The van der Waals surface area contributed by atoms with Crippen LogP contribution in [0.15, 0.2) is 12.7 Å². The van der Waals surface area contributed by atoms with Crippen molar-refractivity contribution in [2.75, 3.05) is 6.61 Å². The molecule has 1 aliphatic rings. The van der Waals surface area contributed by atoms with Crippen LogP contribution in [0, 0.1) is 5.92 Å². The van der Waals surface area contributed by atoms with E-state index in [4.69, 9.17) is 9.84 Å². The summed E-state index contributed by atoms with van der Waals surface area (Å²) >= 11 is 0. The number of ether oxygens (including phenoxy) is 1. The van der Waals surface area contributed by atoms with Gasteiger partial charge in [-0.3, -0.25) is 4.79 Å². The van der Waals surface area contributed by atoms with Crippen LogP contribution in [0.3, 0.4) is 0 Å². The maximum Gasteiger partial charge on any atom is 0.326 e. The zero-order chi connectivity index (χ0) is 13.5. The van der Waals surface area contributed by atoms with Crippen LogP contribution in [0.25, 0.3) is 0 Å². The fourth-order valence-electron chi connectivity index (χ4n) is 1.60. The van der Waals surface area contributed by atoms with Gasteiger partial charge in [-0.2, -0.15) is 0 Å². The maximum atomic E-state index is 11.7. The van der Waals surface area contributed by atoms with Gasteiger partial charge >= 0.3 is 5.97 Å². The van der Waals surface area contributed by atoms with Gasteiger partial charge in [-0.25, -0.2) is 4.79 Å². The van der Waals surface area contributed by atoms with Crippen LogP contribution < -0.4 is 5.32 Å². The van der Waals surface area contributed by atoms with Gasteiger partial charge in [0.1, 0.15) is 12.1 Å². The molecule has 1 aliphatic carbocycles. The van der Waals surface area contributed by atoms with Crippen molar-refractivity contribution in [3.8, 4) is 0 Å². The third-order valence-corrected chi connectivity index (χ3v) is 2.94. The van der Waals surface area contributed by atoms with Gasteiger partial charge in [-0.15, -0.1) is 6.58 Å². The van der Waals surface area contributed by atoms with Crippen LogP contribution in [0.1, 0.15) is 32.6 Å². The Kier molecular flexibility index (Phi) is 5.85. The lowest BCUT2D eigenvalue weighted by Crippen LogP contribution is -2.45. The molecule has 0 aromatic heterocycles. The van der Waals surface area contributed by atoms with Crippen molar-refractivity contribution < 1.29 is 19.4 Å². The first-order valence-corrected chi connectivity index (χ1v) is 6.30. The van der Waals surface area contributed by atoms with Crippen molar-refractivity contribution >= 4 is 11.9 Å². The molecule has 0 saturated heterocycles. The number of hydrogen-bond donors (Lipinski definition) is 2. The average Bonchev–Trinajstić information content (AvgIpc) is 3.12. The van der Waals surface area contributed by atoms with Gasteiger partial charge in [0.05, 0.1) is 6.61 Å². The average molecular weight is 255 g/mol. The molecular weight excluding hydrogens is 234 g/mol. The number of carbonyl (C=O) groups excluding carboxylic acids is 1. The summed E-state index contributed by atoms with van der Waals surface area (Å²) < 4.78 is 5.27. The second-order valence-electron chi connectivity index (χ2n) is 4.67. The molecule has 1 rings (SSSR count). The lowest BCUT2D eigenvalue weighted by atomic mass is 10.1. The minimum Gasteiger partial charge on any atom is -0.480 e. The molecule has 5 nitrogen and oxygen atoms in total. The monoisotopic (exact) mass is 255 g/mol. The zero-order valence-corrected chi connectivity index (χ0v) is 10.7. The molecule has 2 N–H and O–H groups in total. The lowest BCUT2D eigenvalue weighted by molar-refractivity contribution is -0.144. The topological polar surface area (TPSA) is 75.6 Å². The van der Waals surface area contributed by atoms with Crippen LogP contribution in [0.2, 0.25) is 0 Å². The van der Waals surface area contributed by atoms with E-state index in [9.17, 15) is 9.59 Å². The highest BCUT2D eigenvalue weighted by atomic mass is 16.5. The van der Waals surface area contributed by atoms with Gasteiger partial charge < -0.3 is 15.2 Å². The van der Waals surface area contributed by atoms with E-state index >= 15 is 0 Å². The molecule has 1 fully saturated rings. The Bertz CT molecular complexity index is 312. The van der Waals surface area contributed by atoms with Crippen LogP contribution in [-0.2, 0) is 14.3 Å². The highest BCUT2D eigenvalue weighted by molar-refractivity contribution is 5.86. The molecule has 0 aromatic carbocycles. The molecule has 0 aliphatic heterocycles. The van der Waals surface area contributed by atoms with Gasteiger partial charge in [0, 0.05) is 0 Å². The highest BCUT2D eigenvalue weighted by Crippen LogP contribution is 2.33. The van der Waals surface area contributed by atoms with Gasteiger partial charge in [0.2, 0.25) is 5.91 Å². The molecule has 5 heteroatoms. The molecule has 102 valence electrons. The number of hydrogen-bond acceptors (Lipinski definition) is 3. The summed E-state index contributed by atoms with van der Waals surface area (Å²) in [5.41, 5.74) is 0. The Balaban J connectivity index is 2.34. The van der Waals surface area contributed by atoms with Gasteiger partial charge in [-0.1, -0.05) is 18.9 Å². The van der Waals surface area contributed by atoms with Gasteiger partial charge in [0.25, 0.3) is 0 Å². The number of aliphatic carboxylic acids is 1. The third-order valence-electron chi connectivity index (χ3n) is 2.94. The normalized spacial score (nSPS) is 17.8. The molecule has 0 aromatic rings. The number of nitrogens with one attached hydrogen (secondary N) is 1. The highest BCUT2D eigenvalue weighted by Gasteiger charge is 2.31. The van der Waals surface area contributed by atoms with E-state index < -0.39 is 18.1 Å². The van der Waals surface area contributed by atoms with Crippen molar-refractivity contribution in [1.82, 2.24) is 5.32 Å². The molecule has 1 saturated carbocycles. The zero-order valence-electron chi connectivity index (χ0n) is 10.7. The number of carboxylic acid groups (broad SMARTS) is 1. The predicted molar refractivity (Wildman–Crippen MR) is 67.1 cm³/mol. The second kappa shape index (κ2) is 7.16. The molecule has 0 radical (unpaired) electrons. The molecule has 2 atom stereocenters. The lowest BCUT2D eigenvalue weighted by Gasteiger charge is -2.17. The van der Waals surface area contributed by atoms with E-state index in [0.29, 0.717) is 25.4 Å². The molecule has 18 heavy (non-hydrogen) atoms. The minimum atomic E-state index is -0.978. The Morgan fingerprint density at radius 3 is 2.72 bits per heavy atom. The van der Waals surface area contributed by atoms with Crippen molar-refractivity contribution in [2.45, 2.75) is 44.8 Å². The fourth-order valence-corrected chi connectivity index (χ4v) is 1.60. The summed E-state index contributed by atoms with van der Waals surface area (Å²) in [5.74, 6) is -0.899. The Hall–Kier alpha value is -1.36. The van der Waals surface area contributed by atoms with E-state index in [1.807, 2.05) is 0 Å². The van der Waals surface area contributed by atoms with E-state index in [-0.39, 0.29) is 5.91 Å². The minimum absolute atomic E-state index is 0.368.